The number of para-hydroxylation sites is 1. The van der Waals surface area contributed by atoms with Gasteiger partial charge in [0.1, 0.15) is 5.69 Å². The summed E-state index contributed by atoms with van der Waals surface area (Å²) in [5, 5.41) is 6.56. The second-order valence-corrected chi connectivity index (χ2v) is 7.01. The number of carbonyl (C=O) groups is 1. The molecule has 2 heterocycles. The second-order valence-electron chi connectivity index (χ2n) is 6.28. The first-order valence-corrected chi connectivity index (χ1v) is 9.64. The molecule has 9 heteroatoms. The molecule has 0 aliphatic carbocycles. The summed E-state index contributed by atoms with van der Waals surface area (Å²) in [6.07, 6.45) is 0. The quantitative estimate of drug-likeness (QED) is 0.677. The van der Waals surface area contributed by atoms with Gasteiger partial charge in [-0.05, 0) is 17.3 Å². The van der Waals surface area contributed by atoms with Crippen LogP contribution in [-0.2, 0) is 0 Å². The molecule has 8 nitrogen and oxygen atoms in total. The normalized spacial score (nSPS) is 14.0. The highest BCUT2D eigenvalue weighted by Gasteiger charge is 2.24. The maximum Gasteiger partial charge on any atom is 0.322 e. The van der Waals surface area contributed by atoms with E-state index in [1.54, 1.807) is 29.2 Å². The topological polar surface area (TPSA) is 90.8 Å². The van der Waals surface area contributed by atoms with Crippen molar-refractivity contribution in [2.45, 2.75) is 0 Å². The zero-order valence-corrected chi connectivity index (χ0v) is 15.8. The van der Waals surface area contributed by atoms with Gasteiger partial charge in [-0.15, -0.1) is 4.91 Å². The molecule has 2 aromatic carbocycles. The van der Waals surface area contributed by atoms with Gasteiger partial charge in [0.05, 0.1) is 5.69 Å². The average Bonchev–Trinajstić information content (AvgIpc) is 3.25. The van der Waals surface area contributed by atoms with Crippen molar-refractivity contribution in [3.63, 3.8) is 0 Å². The lowest BCUT2D eigenvalue weighted by molar-refractivity contribution is 0.208. The maximum atomic E-state index is 12.5. The monoisotopic (exact) mass is 394 g/mol. The van der Waals surface area contributed by atoms with E-state index in [2.05, 4.69) is 24.8 Å². The van der Waals surface area contributed by atoms with Gasteiger partial charge in [-0.1, -0.05) is 42.5 Å². The van der Waals surface area contributed by atoms with E-state index in [1.807, 2.05) is 30.3 Å². The molecule has 2 amide bonds. The van der Waals surface area contributed by atoms with Crippen LogP contribution >= 0.6 is 11.5 Å². The molecule has 1 aromatic heterocycles. The Bertz CT molecular complexity index is 969. The van der Waals surface area contributed by atoms with Crippen LogP contribution in [0.1, 0.15) is 0 Å². The molecule has 1 N–H and O–H groups in total. The van der Waals surface area contributed by atoms with Crippen LogP contribution in [-0.4, -0.2) is 46.5 Å². The summed E-state index contributed by atoms with van der Waals surface area (Å²) >= 11 is 1.37. The standard InChI is InChI=1S/C19H18N6O2S/c26-18(20-15-8-4-5-9-16(15)22-27)24-10-12-25(13-11-24)19-21-17(23-28-19)14-6-2-1-3-7-14/h1-9H,10-13H2,(H,20,26). The van der Waals surface area contributed by atoms with Gasteiger partial charge in [0.25, 0.3) is 0 Å². The third-order valence-electron chi connectivity index (χ3n) is 4.53. The fourth-order valence-electron chi connectivity index (χ4n) is 3.00. The lowest BCUT2D eigenvalue weighted by atomic mass is 10.2. The van der Waals surface area contributed by atoms with Crippen molar-refractivity contribution in [2.75, 3.05) is 36.4 Å². The molecule has 0 bridgehead atoms. The van der Waals surface area contributed by atoms with Crippen molar-refractivity contribution < 1.29 is 4.79 Å². The molecule has 1 fully saturated rings. The van der Waals surface area contributed by atoms with Gasteiger partial charge < -0.3 is 15.1 Å². The van der Waals surface area contributed by atoms with E-state index in [0.29, 0.717) is 31.9 Å². The molecule has 0 spiro atoms. The number of urea groups is 1. The van der Waals surface area contributed by atoms with Gasteiger partial charge in [0.2, 0.25) is 5.13 Å². The smallest absolute Gasteiger partial charge is 0.322 e. The Kier molecular flexibility index (Phi) is 5.24. The van der Waals surface area contributed by atoms with Crippen molar-refractivity contribution in [3.05, 3.63) is 59.5 Å². The summed E-state index contributed by atoms with van der Waals surface area (Å²) in [7, 11) is 0. The number of anilines is 2. The maximum absolute atomic E-state index is 12.5. The Morgan fingerprint density at radius 2 is 1.71 bits per heavy atom. The third kappa shape index (κ3) is 3.84. The summed E-state index contributed by atoms with van der Waals surface area (Å²) < 4.78 is 4.45. The Morgan fingerprint density at radius 1 is 1.00 bits per heavy atom. The molecule has 0 radical (unpaired) electrons. The Morgan fingerprint density at radius 3 is 2.46 bits per heavy atom. The molecular formula is C19H18N6O2S. The van der Waals surface area contributed by atoms with Crippen LogP contribution in [0.5, 0.6) is 0 Å². The predicted octanol–water partition coefficient (Wildman–Crippen LogP) is 3.96. The van der Waals surface area contributed by atoms with Gasteiger partial charge in [-0.3, -0.25) is 0 Å². The number of nitroso groups, excluding NO2 is 1. The molecule has 1 aliphatic heterocycles. The van der Waals surface area contributed by atoms with Crippen LogP contribution in [0, 0.1) is 4.91 Å². The number of aromatic nitrogens is 2. The number of hydrogen-bond donors (Lipinski definition) is 1. The van der Waals surface area contributed by atoms with E-state index in [4.69, 9.17) is 0 Å². The number of nitrogens with one attached hydrogen (secondary N) is 1. The number of piperazine rings is 1. The molecule has 0 atom stereocenters. The second kappa shape index (κ2) is 8.13. The van der Waals surface area contributed by atoms with Gasteiger partial charge >= 0.3 is 6.03 Å². The number of nitrogens with zero attached hydrogens (tertiary/aromatic N) is 5. The molecule has 0 saturated carbocycles. The number of benzene rings is 2. The SMILES string of the molecule is O=Nc1ccccc1NC(=O)N1CCN(c2nc(-c3ccccc3)ns2)CC1. The van der Waals surface area contributed by atoms with Crippen LogP contribution < -0.4 is 10.2 Å². The van der Waals surface area contributed by atoms with E-state index in [9.17, 15) is 9.70 Å². The van der Waals surface area contributed by atoms with E-state index in [0.717, 1.165) is 16.5 Å². The zero-order chi connectivity index (χ0) is 19.3. The first-order chi connectivity index (χ1) is 13.7. The largest absolute Gasteiger partial charge is 0.343 e. The van der Waals surface area contributed by atoms with Crippen molar-refractivity contribution in [1.82, 2.24) is 14.3 Å². The molecule has 1 aliphatic rings. The number of carbonyl (C=O) groups excluding carboxylic acids is 1. The summed E-state index contributed by atoms with van der Waals surface area (Å²) in [5.74, 6) is 0.721. The Balaban J connectivity index is 1.36. The fourth-order valence-corrected chi connectivity index (χ4v) is 3.74. The van der Waals surface area contributed by atoms with E-state index >= 15 is 0 Å². The molecule has 142 valence electrons. The molecule has 28 heavy (non-hydrogen) atoms. The minimum absolute atomic E-state index is 0.219. The van der Waals surface area contributed by atoms with Crippen molar-refractivity contribution >= 4 is 34.1 Å². The number of hydrogen-bond acceptors (Lipinski definition) is 7. The van der Waals surface area contributed by atoms with Crippen LogP contribution in [0.25, 0.3) is 11.4 Å². The van der Waals surface area contributed by atoms with Gasteiger partial charge in [0.15, 0.2) is 5.82 Å². The Hall–Kier alpha value is -3.33. The summed E-state index contributed by atoms with van der Waals surface area (Å²) in [5.41, 5.74) is 1.63. The van der Waals surface area contributed by atoms with Gasteiger partial charge in [-0.2, -0.15) is 9.36 Å². The fraction of sp³-hybridized carbons (Fsp3) is 0.211. The first kappa shape index (κ1) is 18.1. The van der Waals surface area contributed by atoms with E-state index in [1.165, 1.54) is 11.5 Å². The van der Waals surface area contributed by atoms with E-state index in [-0.39, 0.29) is 11.7 Å². The highest BCUT2D eigenvalue weighted by Crippen LogP contribution is 2.26. The first-order valence-electron chi connectivity index (χ1n) is 8.87. The molecule has 1 saturated heterocycles. The van der Waals surface area contributed by atoms with Crippen molar-refractivity contribution in [2.24, 2.45) is 5.18 Å². The zero-order valence-electron chi connectivity index (χ0n) is 15.0. The van der Waals surface area contributed by atoms with Crippen LogP contribution in [0.3, 0.4) is 0 Å². The van der Waals surface area contributed by atoms with Crippen molar-refractivity contribution in [1.29, 1.82) is 0 Å². The van der Waals surface area contributed by atoms with Crippen LogP contribution in [0.15, 0.2) is 59.8 Å². The molecule has 0 unspecified atom stereocenters. The lowest BCUT2D eigenvalue weighted by Gasteiger charge is -2.34. The minimum atomic E-state index is -0.238. The summed E-state index contributed by atoms with van der Waals surface area (Å²) in [6, 6.07) is 16.3. The highest BCUT2D eigenvalue weighted by molar-refractivity contribution is 7.09. The third-order valence-corrected chi connectivity index (χ3v) is 5.31. The average molecular weight is 394 g/mol. The number of amides is 2. The minimum Gasteiger partial charge on any atom is -0.343 e. The lowest BCUT2D eigenvalue weighted by Crippen LogP contribution is -2.50. The van der Waals surface area contributed by atoms with Gasteiger partial charge in [0, 0.05) is 43.3 Å². The molecule has 3 aromatic rings. The van der Waals surface area contributed by atoms with E-state index < -0.39 is 0 Å². The predicted molar refractivity (Wildman–Crippen MR) is 110 cm³/mol. The van der Waals surface area contributed by atoms with Crippen molar-refractivity contribution in [3.8, 4) is 11.4 Å². The Labute approximate surface area is 166 Å². The van der Waals surface area contributed by atoms with Crippen LogP contribution in [0.2, 0.25) is 0 Å². The van der Waals surface area contributed by atoms with Gasteiger partial charge in [-0.25, -0.2) is 4.79 Å². The molecule has 4 rings (SSSR count). The highest BCUT2D eigenvalue weighted by atomic mass is 32.1. The number of rotatable bonds is 4. The summed E-state index contributed by atoms with van der Waals surface area (Å²) in [4.78, 5) is 31.8. The van der Waals surface area contributed by atoms with Crippen LogP contribution in [0.4, 0.5) is 21.3 Å². The summed E-state index contributed by atoms with van der Waals surface area (Å²) in [6.45, 7) is 2.46. The molecular weight excluding hydrogens is 376 g/mol.